The van der Waals surface area contributed by atoms with Crippen LogP contribution >= 0.6 is 0 Å². The molecule has 1 aromatic rings. The minimum absolute atomic E-state index is 0.0911. The molecule has 0 saturated carbocycles. The molecule has 0 unspecified atom stereocenters. The zero-order chi connectivity index (χ0) is 9.97. The summed E-state index contributed by atoms with van der Waals surface area (Å²) in [7, 11) is 1.66. The first kappa shape index (κ1) is 9.11. The van der Waals surface area contributed by atoms with Crippen molar-refractivity contribution in [2.24, 2.45) is 0 Å². The van der Waals surface area contributed by atoms with Crippen LogP contribution in [0.15, 0.2) is 24.3 Å². The largest absolute Gasteiger partial charge is 0.497 e. The molecule has 1 aliphatic rings. The average Bonchev–Trinajstić information content (AvgIpc) is 2.98. The predicted octanol–water partition coefficient (Wildman–Crippen LogP) is 2.16. The highest BCUT2D eigenvalue weighted by atomic mass is 16.6. The van der Waals surface area contributed by atoms with Gasteiger partial charge in [0.05, 0.1) is 7.11 Å². The topological polar surface area (TPSA) is 21.8 Å². The van der Waals surface area contributed by atoms with Gasteiger partial charge in [0.1, 0.15) is 18.0 Å². The van der Waals surface area contributed by atoms with Crippen LogP contribution in [0, 0.1) is 11.8 Å². The first-order valence-corrected chi connectivity index (χ1v) is 4.57. The molecule has 1 aromatic carbocycles. The molecule has 0 amide bonds. The first-order valence-electron chi connectivity index (χ1n) is 4.57. The fourth-order valence-corrected chi connectivity index (χ4v) is 1.41. The summed E-state index contributed by atoms with van der Waals surface area (Å²) < 4.78 is 10.5. The maximum Gasteiger partial charge on any atom is 0.149 e. The van der Waals surface area contributed by atoms with Gasteiger partial charge in [-0.15, -0.1) is 5.92 Å². The van der Waals surface area contributed by atoms with Crippen LogP contribution in [0.3, 0.4) is 0 Å². The smallest absolute Gasteiger partial charge is 0.149 e. The molecule has 0 radical (unpaired) electrons. The molecule has 0 spiro atoms. The van der Waals surface area contributed by atoms with Crippen LogP contribution in [0.2, 0.25) is 0 Å². The second-order valence-electron chi connectivity index (χ2n) is 3.14. The third-order valence-corrected chi connectivity index (χ3v) is 2.22. The van der Waals surface area contributed by atoms with Crippen molar-refractivity contribution >= 4 is 0 Å². The molecule has 1 fully saturated rings. The Balaban J connectivity index is 2.07. The van der Waals surface area contributed by atoms with Gasteiger partial charge in [-0.25, -0.2) is 0 Å². The molecule has 0 bridgehead atoms. The van der Waals surface area contributed by atoms with E-state index in [1.165, 1.54) is 5.56 Å². The minimum Gasteiger partial charge on any atom is -0.497 e. The molecular weight excluding hydrogens is 176 g/mol. The van der Waals surface area contributed by atoms with Crippen LogP contribution in [0.25, 0.3) is 0 Å². The number of methoxy groups -OCH3 is 1. The molecule has 2 atom stereocenters. The van der Waals surface area contributed by atoms with E-state index in [0.717, 1.165) is 5.75 Å². The second kappa shape index (κ2) is 3.73. The summed E-state index contributed by atoms with van der Waals surface area (Å²) in [6.07, 6.45) is 0.252. The molecule has 14 heavy (non-hydrogen) atoms. The number of benzene rings is 1. The SMILES string of the molecule is CC#C[C@H]1O[C@@H]1c1ccc(OC)cc1. The maximum absolute atomic E-state index is 5.40. The zero-order valence-electron chi connectivity index (χ0n) is 8.28. The number of hydrogen-bond acceptors (Lipinski definition) is 2. The monoisotopic (exact) mass is 188 g/mol. The van der Waals surface area contributed by atoms with Gasteiger partial charge in [-0.05, 0) is 24.6 Å². The van der Waals surface area contributed by atoms with Gasteiger partial charge in [-0.3, -0.25) is 0 Å². The lowest BCUT2D eigenvalue weighted by atomic mass is 10.1. The molecule has 0 aromatic heterocycles. The molecule has 0 N–H and O–H groups in total. The summed E-state index contributed by atoms with van der Waals surface area (Å²) in [6.45, 7) is 1.83. The van der Waals surface area contributed by atoms with E-state index in [1.807, 2.05) is 31.2 Å². The second-order valence-corrected chi connectivity index (χ2v) is 3.14. The summed E-state index contributed by atoms with van der Waals surface area (Å²) in [5, 5.41) is 0. The highest BCUT2D eigenvalue weighted by Gasteiger charge is 2.38. The lowest BCUT2D eigenvalue weighted by Gasteiger charge is -1.99. The molecule has 1 saturated heterocycles. The molecule has 0 aliphatic carbocycles. The van der Waals surface area contributed by atoms with E-state index < -0.39 is 0 Å². The van der Waals surface area contributed by atoms with Crippen molar-refractivity contribution in [2.45, 2.75) is 19.1 Å². The molecule has 2 nitrogen and oxygen atoms in total. The van der Waals surface area contributed by atoms with Crippen molar-refractivity contribution < 1.29 is 9.47 Å². The average molecular weight is 188 g/mol. The fraction of sp³-hybridized carbons (Fsp3) is 0.333. The normalized spacial score (nSPS) is 23.6. The maximum atomic E-state index is 5.40. The summed E-state index contributed by atoms with van der Waals surface area (Å²) in [6, 6.07) is 7.91. The molecule has 2 heteroatoms. The Hall–Kier alpha value is -1.46. The van der Waals surface area contributed by atoms with E-state index in [4.69, 9.17) is 9.47 Å². The van der Waals surface area contributed by atoms with Crippen LogP contribution < -0.4 is 4.74 Å². The summed E-state index contributed by atoms with van der Waals surface area (Å²) in [5.41, 5.74) is 1.17. The van der Waals surface area contributed by atoms with Gasteiger partial charge in [-0.1, -0.05) is 18.1 Å². The summed E-state index contributed by atoms with van der Waals surface area (Å²) in [4.78, 5) is 0. The molecule has 1 aliphatic heterocycles. The Morgan fingerprint density at radius 1 is 1.29 bits per heavy atom. The Morgan fingerprint density at radius 3 is 2.57 bits per heavy atom. The summed E-state index contributed by atoms with van der Waals surface area (Å²) in [5.74, 6) is 6.71. The summed E-state index contributed by atoms with van der Waals surface area (Å²) >= 11 is 0. The number of hydrogen-bond donors (Lipinski definition) is 0. The van der Waals surface area contributed by atoms with Crippen molar-refractivity contribution in [2.75, 3.05) is 7.11 Å². The molecule has 72 valence electrons. The molecule has 2 rings (SSSR count). The minimum atomic E-state index is 0.0911. The number of ether oxygens (including phenoxy) is 2. The number of epoxide rings is 1. The van der Waals surface area contributed by atoms with Crippen molar-refractivity contribution in [1.82, 2.24) is 0 Å². The van der Waals surface area contributed by atoms with E-state index in [2.05, 4.69) is 11.8 Å². The number of rotatable bonds is 2. The Kier molecular flexibility index (Phi) is 2.43. The van der Waals surface area contributed by atoms with E-state index in [0.29, 0.717) is 0 Å². The predicted molar refractivity (Wildman–Crippen MR) is 54.1 cm³/mol. The third-order valence-electron chi connectivity index (χ3n) is 2.22. The van der Waals surface area contributed by atoms with Crippen LogP contribution in [0.1, 0.15) is 18.6 Å². The lowest BCUT2D eigenvalue weighted by molar-refractivity contribution is 0.396. The zero-order valence-corrected chi connectivity index (χ0v) is 8.28. The van der Waals surface area contributed by atoms with Crippen molar-refractivity contribution in [3.8, 4) is 17.6 Å². The van der Waals surface area contributed by atoms with Gasteiger partial charge >= 0.3 is 0 Å². The highest BCUT2D eigenvalue weighted by molar-refractivity contribution is 5.33. The quantitative estimate of drug-likeness (QED) is 0.524. The molecule has 1 heterocycles. The van der Waals surface area contributed by atoms with Gasteiger partial charge in [0.15, 0.2) is 0 Å². The van der Waals surface area contributed by atoms with E-state index in [-0.39, 0.29) is 12.2 Å². The fourth-order valence-electron chi connectivity index (χ4n) is 1.41. The van der Waals surface area contributed by atoms with Crippen LogP contribution in [-0.2, 0) is 4.74 Å². The van der Waals surface area contributed by atoms with Gasteiger partial charge in [0.2, 0.25) is 0 Å². The van der Waals surface area contributed by atoms with Crippen LogP contribution in [0.5, 0.6) is 5.75 Å². The Labute approximate surface area is 83.8 Å². The van der Waals surface area contributed by atoms with Gasteiger partial charge in [0, 0.05) is 0 Å². The highest BCUT2D eigenvalue weighted by Crippen LogP contribution is 2.38. The standard InChI is InChI=1S/C12H12O2/c1-3-4-11-12(14-11)9-5-7-10(13-2)8-6-9/h5-8,11-12H,1-2H3/t11-,12-/m1/s1. The van der Waals surface area contributed by atoms with Gasteiger partial charge in [-0.2, -0.15) is 0 Å². The van der Waals surface area contributed by atoms with E-state index in [9.17, 15) is 0 Å². The van der Waals surface area contributed by atoms with E-state index >= 15 is 0 Å². The third kappa shape index (κ3) is 1.73. The van der Waals surface area contributed by atoms with Crippen LogP contribution in [0.4, 0.5) is 0 Å². The van der Waals surface area contributed by atoms with Crippen molar-refractivity contribution in [3.63, 3.8) is 0 Å². The van der Waals surface area contributed by atoms with Crippen molar-refractivity contribution in [3.05, 3.63) is 29.8 Å². The Bertz CT molecular complexity index is 370. The van der Waals surface area contributed by atoms with Gasteiger partial charge < -0.3 is 9.47 Å². The van der Waals surface area contributed by atoms with Crippen LogP contribution in [-0.4, -0.2) is 13.2 Å². The Morgan fingerprint density at radius 2 is 2.00 bits per heavy atom. The van der Waals surface area contributed by atoms with Crippen molar-refractivity contribution in [1.29, 1.82) is 0 Å². The lowest BCUT2D eigenvalue weighted by Crippen LogP contribution is -1.86. The van der Waals surface area contributed by atoms with E-state index in [1.54, 1.807) is 7.11 Å². The first-order chi connectivity index (χ1) is 6.85. The van der Waals surface area contributed by atoms with Gasteiger partial charge in [0.25, 0.3) is 0 Å². The molecular formula is C12H12O2.